The molecule has 0 amide bonds. The number of carbonyl (C=O) groups is 1. The minimum atomic E-state index is -3.68. The van der Waals surface area contributed by atoms with E-state index < -0.39 is 16.0 Å². The molecule has 8 nitrogen and oxygen atoms in total. The monoisotopic (exact) mass is 316 g/mol. The summed E-state index contributed by atoms with van der Waals surface area (Å²) in [6.45, 7) is 1.57. The Kier molecular flexibility index (Phi) is 3.88. The minimum absolute atomic E-state index is 0.0479. The summed E-state index contributed by atoms with van der Waals surface area (Å²) in [5.41, 5.74) is -0.0504. The predicted octanol–water partition coefficient (Wildman–Crippen LogP) is 0.362. The van der Waals surface area contributed by atoms with Crippen LogP contribution in [0.15, 0.2) is 17.3 Å². The number of aromatic nitrogens is 3. The van der Waals surface area contributed by atoms with Crippen LogP contribution in [0.4, 0.5) is 0 Å². The normalized spacial score (nSPS) is 11.7. The largest absolute Gasteiger partial charge is 0.476 e. The Morgan fingerprint density at radius 2 is 2.25 bits per heavy atom. The summed E-state index contributed by atoms with van der Waals surface area (Å²) < 4.78 is 27.6. The van der Waals surface area contributed by atoms with Crippen molar-refractivity contribution >= 4 is 27.3 Å². The van der Waals surface area contributed by atoms with E-state index in [1.165, 1.54) is 17.1 Å². The second-order valence-electron chi connectivity index (χ2n) is 3.99. The fourth-order valence-corrected chi connectivity index (χ4v) is 3.43. The molecular weight excluding hydrogens is 304 g/mol. The van der Waals surface area contributed by atoms with Crippen molar-refractivity contribution in [1.82, 2.24) is 19.5 Å². The fraction of sp³-hybridized carbons (Fsp3) is 0.300. The number of sulfonamides is 1. The minimum Gasteiger partial charge on any atom is -0.476 e. The molecule has 0 atom stereocenters. The van der Waals surface area contributed by atoms with Crippen molar-refractivity contribution in [2.45, 2.75) is 18.4 Å². The van der Waals surface area contributed by atoms with Crippen molar-refractivity contribution in [2.24, 2.45) is 7.05 Å². The summed E-state index contributed by atoms with van der Waals surface area (Å²) in [7, 11) is -2.06. The van der Waals surface area contributed by atoms with Crippen molar-refractivity contribution in [2.75, 3.05) is 0 Å². The van der Waals surface area contributed by atoms with Crippen LogP contribution in [-0.4, -0.2) is 34.3 Å². The van der Waals surface area contributed by atoms with Crippen molar-refractivity contribution in [3.63, 3.8) is 0 Å². The highest BCUT2D eigenvalue weighted by molar-refractivity contribution is 7.89. The second-order valence-corrected chi connectivity index (χ2v) is 7.05. The van der Waals surface area contributed by atoms with Gasteiger partial charge in [-0.1, -0.05) is 0 Å². The molecule has 0 spiro atoms. The number of rotatable bonds is 5. The van der Waals surface area contributed by atoms with E-state index in [2.05, 4.69) is 14.8 Å². The topological polar surface area (TPSA) is 114 Å². The molecule has 0 radical (unpaired) electrons. The first-order valence-electron chi connectivity index (χ1n) is 5.47. The molecule has 2 heterocycles. The van der Waals surface area contributed by atoms with Crippen molar-refractivity contribution < 1.29 is 18.3 Å². The van der Waals surface area contributed by atoms with Gasteiger partial charge < -0.3 is 5.11 Å². The Balaban J connectivity index is 2.12. The van der Waals surface area contributed by atoms with E-state index in [4.69, 9.17) is 5.11 Å². The maximum absolute atomic E-state index is 11.9. The summed E-state index contributed by atoms with van der Waals surface area (Å²) in [6.07, 6.45) is 2.61. The van der Waals surface area contributed by atoms with Gasteiger partial charge in [0.05, 0.1) is 12.7 Å². The van der Waals surface area contributed by atoms with Crippen LogP contribution in [0, 0.1) is 6.92 Å². The van der Waals surface area contributed by atoms with Crippen LogP contribution in [0.2, 0.25) is 0 Å². The van der Waals surface area contributed by atoms with Gasteiger partial charge in [-0.05, 0) is 6.92 Å². The fourth-order valence-electron chi connectivity index (χ4n) is 1.50. The van der Waals surface area contributed by atoms with Crippen molar-refractivity contribution in [3.8, 4) is 0 Å². The van der Waals surface area contributed by atoms with Crippen LogP contribution in [0.3, 0.4) is 0 Å². The molecule has 0 bridgehead atoms. The third kappa shape index (κ3) is 3.03. The number of nitrogens with zero attached hydrogens (tertiary/aromatic N) is 3. The number of thiazole rings is 1. The molecule has 108 valence electrons. The zero-order chi connectivity index (χ0) is 14.9. The van der Waals surface area contributed by atoms with Gasteiger partial charge in [0.15, 0.2) is 5.69 Å². The van der Waals surface area contributed by atoms with Gasteiger partial charge in [-0.15, -0.1) is 11.3 Å². The molecule has 0 aromatic carbocycles. The Labute approximate surface area is 119 Å². The van der Waals surface area contributed by atoms with Crippen LogP contribution >= 0.6 is 11.3 Å². The molecule has 0 fully saturated rings. The van der Waals surface area contributed by atoms with Crippen molar-refractivity contribution in [3.05, 3.63) is 28.0 Å². The number of hydrogen-bond donors (Lipinski definition) is 2. The highest BCUT2D eigenvalue weighted by Crippen LogP contribution is 2.18. The predicted molar refractivity (Wildman–Crippen MR) is 71.0 cm³/mol. The molecule has 0 unspecified atom stereocenters. The number of hydrogen-bond acceptors (Lipinski definition) is 6. The quantitative estimate of drug-likeness (QED) is 0.823. The molecule has 0 saturated carbocycles. The highest BCUT2D eigenvalue weighted by atomic mass is 32.2. The maximum atomic E-state index is 11.9. The van der Waals surface area contributed by atoms with E-state index in [0.717, 1.165) is 11.3 Å². The number of carboxylic acid groups (broad SMARTS) is 1. The SMILES string of the molecule is Cc1sc(CNS(=O)(=O)c2cnn(C)c2)nc1C(=O)O. The zero-order valence-electron chi connectivity index (χ0n) is 10.7. The lowest BCUT2D eigenvalue weighted by atomic mass is 10.4. The summed E-state index contributed by atoms with van der Waals surface area (Å²) in [5.74, 6) is -1.12. The average Bonchev–Trinajstić information content (AvgIpc) is 2.93. The van der Waals surface area contributed by atoms with E-state index in [0.29, 0.717) is 9.88 Å². The van der Waals surface area contributed by atoms with Crippen LogP contribution in [-0.2, 0) is 23.6 Å². The summed E-state index contributed by atoms with van der Waals surface area (Å²) in [6, 6.07) is 0. The molecule has 0 aliphatic carbocycles. The Morgan fingerprint density at radius 3 is 2.75 bits per heavy atom. The first-order valence-corrected chi connectivity index (χ1v) is 7.77. The van der Waals surface area contributed by atoms with Gasteiger partial charge >= 0.3 is 5.97 Å². The highest BCUT2D eigenvalue weighted by Gasteiger charge is 2.18. The second kappa shape index (κ2) is 5.31. The van der Waals surface area contributed by atoms with Crippen LogP contribution < -0.4 is 4.72 Å². The Morgan fingerprint density at radius 1 is 1.55 bits per heavy atom. The van der Waals surface area contributed by atoms with Crippen LogP contribution in [0.25, 0.3) is 0 Å². The molecule has 0 aliphatic heterocycles. The summed E-state index contributed by atoms with van der Waals surface area (Å²) in [4.78, 5) is 15.3. The molecule has 20 heavy (non-hydrogen) atoms. The molecule has 2 aromatic heterocycles. The third-order valence-electron chi connectivity index (χ3n) is 2.45. The van der Waals surface area contributed by atoms with Gasteiger partial charge in [0.2, 0.25) is 10.0 Å². The van der Waals surface area contributed by atoms with Gasteiger partial charge in [-0.25, -0.2) is 22.9 Å². The van der Waals surface area contributed by atoms with Gasteiger partial charge in [0.25, 0.3) is 0 Å². The van der Waals surface area contributed by atoms with Gasteiger partial charge in [-0.2, -0.15) is 5.10 Å². The number of aromatic carboxylic acids is 1. The summed E-state index contributed by atoms with van der Waals surface area (Å²) >= 11 is 1.14. The molecule has 2 N–H and O–H groups in total. The van der Waals surface area contributed by atoms with E-state index in [-0.39, 0.29) is 17.1 Å². The lowest BCUT2D eigenvalue weighted by Crippen LogP contribution is -2.22. The molecule has 2 aromatic rings. The number of nitrogens with one attached hydrogen (secondary N) is 1. The van der Waals surface area contributed by atoms with E-state index in [9.17, 15) is 13.2 Å². The van der Waals surface area contributed by atoms with Crippen LogP contribution in [0.5, 0.6) is 0 Å². The average molecular weight is 316 g/mol. The lowest BCUT2D eigenvalue weighted by Gasteiger charge is -2.01. The van der Waals surface area contributed by atoms with Gasteiger partial charge in [0, 0.05) is 18.1 Å². The van der Waals surface area contributed by atoms with Gasteiger partial charge in [0.1, 0.15) is 9.90 Å². The first-order chi connectivity index (χ1) is 9.29. The number of aryl methyl sites for hydroxylation is 2. The summed E-state index contributed by atoms with van der Waals surface area (Å²) in [5, 5.41) is 13.1. The van der Waals surface area contributed by atoms with Crippen molar-refractivity contribution in [1.29, 1.82) is 0 Å². The van der Waals surface area contributed by atoms with Crippen LogP contribution in [0.1, 0.15) is 20.4 Å². The Bertz CT molecular complexity index is 747. The molecular formula is C10H12N4O4S2. The zero-order valence-corrected chi connectivity index (χ0v) is 12.3. The molecule has 10 heteroatoms. The molecule has 2 rings (SSSR count). The van der Waals surface area contributed by atoms with E-state index >= 15 is 0 Å². The molecule has 0 aliphatic rings. The molecule has 0 saturated heterocycles. The first kappa shape index (κ1) is 14.6. The maximum Gasteiger partial charge on any atom is 0.355 e. The number of carboxylic acids is 1. The standard InChI is InChI=1S/C10H12N4O4S2/c1-6-9(10(15)16)13-8(19-6)4-12-20(17,18)7-3-11-14(2)5-7/h3,5,12H,4H2,1-2H3,(H,15,16). The third-order valence-corrected chi connectivity index (χ3v) is 4.77. The lowest BCUT2D eigenvalue weighted by molar-refractivity contribution is 0.0690. The van der Waals surface area contributed by atoms with E-state index in [1.807, 2.05) is 0 Å². The van der Waals surface area contributed by atoms with E-state index in [1.54, 1.807) is 14.0 Å². The van der Waals surface area contributed by atoms with Gasteiger partial charge in [-0.3, -0.25) is 4.68 Å². The smallest absolute Gasteiger partial charge is 0.355 e. The Hall–Kier alpha value is -1.78.